The monoisotopic (exact) mass is 259 g/mol. The molecule has 0 saturated carbocycles. The van der Waals surface area contributed by atoms with Gasteiger partial charge in [0.05, 0.1) is 10.6 Å². The highest BCUT2D eigenvalue weighted by molar-refractivity contribution is 8.03. The molecular formula is C12H12F3NS. The SMILES string of the molecule is CNC1=CCC(c2cccc(C(F)(F)F)c2)S1. The van der Waals surface area contributed by atoms with Crippen molar-refractivity contribution < 1.29 is 13.2 Å². The molecule has 1 aliphatic rings. The van der Waals surface area contributed by atoms with Gasteiger partial charge in [-0.05, 0) is 18.1 Å². The van der Waals surface area contributed by atoms with E-state index in [4.69, 9.17) is 0 Å². The summed E-state index contributed by atoms with van der Waals surface area (Å²) in [5, 5.41) is 4.11. The van der Waals surface area contributed by atoms with Gasteiger partial charge in [-0.3, -0.25) is 0 Å². The molecule has 92 valence electrons. The molecule has 0 aliphatic carbocycles. The van der Waals surface area contributed by atoms with Crippen LogP contribution in [0.1, 0.15) is 22.8 Å². The van der Waals surface area contributed by atoms with E-state index in [1.54, 1.807) is 17.8 Å². The Labute approximate surface area is 102 Å². The number of thioether (sulfide) groups is 1. The van der Waals surface area contributed by atoms with Gasteiger partial charge in [0.1, 0.15) is 0 Å². The van der Waals surface area contributed by atoms with Crippen molar-refractivity contribution in [1.82, 2.24) is 5.32 Å². The Kier molecular flexibility index (Phi) is 3.38. The Morgan fingerprint density at radius 2 is 2.12 bits per heavy atom. The second kappa shape index (κ2) is 4.64. The van der Waals surface area contributed by atoms with Crippen LogP contribution in [0.15, 0.2) is 35.4 Å². The summed E-state index contributed by atoms with van der Waals surface area (Å²) in [7, 11) is 1.81. The van der Waals surface area contributed by atoms with Crippen LogP contribution in [0, 0.1) is 0 Å². The summed E-state index contributed by atoms with van der Waals surface area (Å²) in [6.07, 6.45) is -1.49. The van der Waals surface area contributed by atoms with Gasteiger partial charge in [0.15, 0.2) is 0 Å². The lowest BCUT2D eigenvalue weighted by Gasteiger charge is -2.13. The fourth-order valence-electron chi connectivity index (χ4n) is 1.74. The molecule has 1 N–H and O–H groups in total. The molecule has 1 aromatic carbocycles. The Balaban J connectivity index is 2.18. The number of allylic oxidation sites excluding steroid dienone is 1. The average molecular weight is 259 g/mol. The smallest absolute Gasteiger partial charge is 0.383 e. The first kappa shape index (κ1) is 12.4. The summed E-state index contributed by atoms with van der Waals surface area (Å²) in [4.78, 5) is 0. The molecule has 1 nitrogen and oxygen atoms in total. The van der Waals surface area contributed by atoms with Crippen LogP contribution in [0.3, 0.4) is 0 Å². The largest absolute Gasteiger partial charge is 0.416 e. The third-order valence-corrected chi connectivity index (χ3v) is 3.99. The Morgan fingerprint density at radius 3 is 2.71 bits per heavy atom. The summed E-state index contributed by atoms with van der Waals surface area (Å²) >= 11 is 1.57. The van der Waals surface area contributed by atoms with E-state index >= 15 is 0 Å². The molecule has 17 heavy (non-hydrogen) atoms. The van der Waals surface area contributed by atoms with E-state index in [1.165, 1.54) is 12.1 Å². The van der Waals surface area contributed by atoms with E-state index in [0.717, 1.165) is 23.1 Å². The lowest BCUT2D eigenvalue weighted by Crippen LogP contribution is -2.06. The van der Waals surface area contributed by atoms with Crippen molar-refractivity contribution in [2.75, 3.05) is 7.05 Å². The molecule has 2 rings (SSSR count). The summed E-state index contributed by atoms with van der Waals surface area (Å²) < 4.78 is 37.7. The van der Waals surface area contributed by atoms with Crippen LogP contribution in [0.25, 0.3) is 0 Å². The van der Waals surface area contributed by atoms with Crippen LogP contribution in [0.5, 0.6) is 0 Å². The number of hydrogen-bond donors (Lipinski definition) is 1. The van der Waals surface area contributed by atoms with Crippen molar-refractivity contribution in [3.05, 3.63) is 46.5 Å². The van der Waals surface area contributed by atoms with Crippen molar-refractivity contribution >= 4 is 11.8 Å². The van der Waals surface area contributed by atoms with Crippen LogP contribution in [-0.2, 0) is 6.18 Å². The number of hydrogen-bond acceptors (Lipinski definition) is 2. The molecular weight excluding hydrogens is 247 g/mol. The molecule has 0 radical (unpaired) electrons. The normalized spacial score (nSPS) is 20.2. The van der Waals surface area contributed by atoms with Gasteiger partial charge >= 0.3 is 6.18 Å². The molecule has 0 amide bonds. The van der Waals surface area contributed by atoms with Gasteiger partial charge in [0, 0.05) is 12.3 Å². The third-order valence-electron chi connectivity index (χ3n) is 2.62. The number of rotatable bonds is 2. The second-order valence-electron chi connectivity index (χ2n) is 3.78. The van der Waals surface area contributed by atoms with Crippen molar-refractivity contribution in [3.8, 4) is 0 Å². The molecule has 0 bridgehead atoms. The van der Waals surface area contributed by atoms with Crippen LogP contribution >= 0.6 is 11.8 Å². The predicted octanol–water partition coefficient (Wildman–Crippen LogP) is 3.94. The van der Waals surface area contributed by atoms with Crippen molar-refractivity contribution in [2.24, 2.45) is 0 Å². The van der Waals surface area contributed by atoms with E-state index in [-0.39, 0.29) is 5.25 Å². The molecule has 0 fully saturated rings. The van der Waals surface area contributed by atoms with Crippen LogP contribution in [0.2, 0.25) is 0 Å². The summed E-state index contributed by atoms with van der Waals surface area (Å²) in [5.41, 5.74) is 0.153. The van der Waals surface area contributed by atoms with Gasteiger partial charge in [0.2, 0.25) is 0 Å². The van der Waals surface area contributed by atoms with Gasteiger partial charge in [-0.1, -0.05) is 24.3 Å². The highest BCUT2D eigenvalue weighted by atomic mass is 32.2. The van der Waals surface area contributed by atoms with E-state index in [0.29, 0.717) is 0 Å². The number of benzene rings is 1. The highest BCUT2D eigenvalue weighted by Crippen LogP contribution is 2.43. The topological polar surface area (TPSA) is 12.0 Å². The first-order valence-corrected chi connectivity index (χ1v) is 6.10. The first-order chi connectivity index (χ1) is 8.00. The van der Waals surface area contributed by atoms with Crippen LogP contribution in [-0.4, -0.2) is 7.05 Å². The van der Waals surface area contributed by atoms with Crippen LogP contribution < -0.4 is 5.32 Å². The first-order valence-electron chi connectivity index (χ1n) is 5.22. The molecule has 5 heteroatoms. The minimum absolute atomic E-state index is 0.0831. The Bertz CT molecular complexity index is 440. The summed E-state index contributed by atoms with van der Waals surface area (Å²) in [5.74, 6) is 0. The quantitative estimate of drug-likeness (QED) is 0.863. The molecule has 0 spiro atoms. The molecule has 1 aromatic rings. The second-order valence-corrected chi connectivity index (χ2v) is 5.03. The minimum Gasteiger partial charge on any atom is -0.383 e. The maximum Gasteiger partial charge on any atom is 0.416 e. The summed E-state index contributed by atoms with van der Waals surface area (Å²) in [6, 6.07) is 5.56. The van der Waals surface area contributed by atoms with Crippen molar-refractivity contribution in [3.63, 3.8) is 0 Å². The fourth-order valence-corrected chi connectivity index (χ4v) is 2.84. The fraction of sp³-hybridized carbons (Fsp3) is 0.333. The van der Waals surface area contributed by atoms with Gasteiger partial charge in [-0.25, -0.2) is 0 Å². The molecule has 1 unspecified atom stereocenters. The van der Waals surface area contributed by atoms with Gasteiger partial charge in [0.25, 0.3) is 0 Å². The number of halogens is 3. The average Bonchev–Trinajstić information content (AvgIpc) is 2.76. The summed E-state index contributed by atoms with van der Waals surface area (Å²) in [6.45, 7) is 0. The third kappa shape index (κ3) is 2.77. The maximum atomic E-state index is 12.6. The predicted molar refractivity (Wildman–Crippen MR) is 63.5 cm³/mol. The van der Waals surface area contributed by atoms with E-state index in [9.17, 15) is 13.2 Å². The Hall–Kier alpha value is -1.10. The zero-order valence-corrected chi connectivity index (χ0v) is 10.0. The van der Waals surface area contributed by atoms with Crippen molar-refractivity contribution in [1.29, 1.82) is 0 Å². The molecule has 1 heterocycles. The Morgan fingerprint density at radius 1 is 1.35 bits per heavy atom. The standard InChI is InChI=1S/C12H12F3NS/c1-16-11-6-5-10(17-11)8-3-2-4-9(7-8)12(13,14)15/h2-4,6-7,10,16H,5H2,1H3. The van der Waals surface area contributed by atoms with Gasteiger partial charge in [-0.2, -0.15) is 13.2 Å². The molecule has 1 aliphatic heterocycles. The molecule has 1 atom stereocenters. The lowest BCUT2D eigenvalue weighted by molar-refractivity contribution is -0.137. The van der Waals surface area contributed by atoms with E-state index in [2.05, 4.69) is 5.32 Å². The number of nitrogens with one attached hydrogen (secondary N) is 1. The molecule has 0 aromatic heterocycles. The van der Waals surface area contributed by atoms with Gasteiger partial charge in [-0.15, -0.1) is 11.8 Å². The number of alkyl halides is 3. The zero-order chi connectivity index (χ0) is 12.5. The van der Waals surface area contributed by atoms with Crippen LogP contribution in [0.4, 0.5) is 13.2 Å². The minimum atomic E-state index is -4.27. The maximum absolute atomic E-state index is 12.6. The highest BCUT2D eigenvalue weighted by Gasteiger charge is 2.31. The molecule has 0 saturated heterocycles. The van der Waals surface area contributed by atoms with E-state index in [1.807, 2.05) is 13.1 Å². The zero-order valence-electron chi connectivity index (χ0n) is 9.21. The van der Waals surface area contributed by atoms with Crippen molar-refractivity contribution in [2.45, 2.75) is 17.8 Å². The van der Waals surface area contributed by atoms with E-state index < -0.39 is 11.7 Å². The van der Waals surface area contributed by atoms with Gasteiger partial charge < -0.3 is 5.32 Å². The lowest BCUT2D eigenvalue weighted by atomic mass is 10.1.